The monoisotopic (exact) mass is 328 g/mol. The van der Waals surface area contributed by atoms with E-state index in [1.54, 1.807) is 12.8 Å². The molecule has 0 heterocycles. The highest BCUT2D eigenvalue weighted by molar-refractivity contribution is 7.01. The van der Waals surface area contributed by atoms with Crippen molar-refractivity contribution in [1.82, 2.24) is 0 Å². The van der Waals surface area contributed by atoms with E-state index in [2.05, 4.69) is 55.4 Å². The Kier molecular flexibility index (Phi) is 9.74. The van der Waals surface area contributed by atoms with Gasteiger partial charge in [0.05, 0.1) is 16.1 Å². The summed E-state index contributed by atoms with van der Waals surface area (Å²) in [4.78, 5) is 0. The lowest BCUT2D eigenvalue weighted by Crippen LogP contribution is -2.61. The summed E-state index contributed by atoms with van der Waals surface area (Å²) >= 11 is 0. The fourth-order valence-electron chi connectivity index (χ4n) is 6.13. The van der Waals surface area contributed by atoms with E-state index in [1.807, 2.05) is 0 Å². The first-order chi connectivity index (χ1) is 9.99. The van der Waals surface area contributed by atoms with E-state index in [0.29, 0.717) is 0 Å². The Balaban J connectivity index is 6.30. The molecule has 0 nitrogen and oxygen atoms in total. The normalized spacial score (nSPS) is 13.7. The van der Waals surface area contributed by atoms with Gasteiger partial charge in [-0.1, -0.05) is 117 Å². The second-order valence-corrected chi connectivity index (χ2v) is 19.0. The lowest BCUT2D eigenvalue weighted by atomic mass is 10.1. The molecule has 0 amide bonds. The quantitative estimate of drug-likeness (QED) is 0.319. The molecule has 0 rings (SSSR count). The Morgan fingerprint density at radius 1 is 0.476 bits per heavy atom. The van der Waals surface area contributed by atoms with Gasteiger partial charge in [0.1, 0.15) is 0 Å². The molecule has 0 atom stereocenters. The molecule has 0 unspecified atom stereocenters. The molecule has 128 valence electrons. The van der Waals surface area contributed by atoms with Gasteiger partial charge in [-0.15, -0.1) is 0 Å². The number of hydrogen-bond acceptors (Lipinski definition) is 0. The highest BCUT2D eigenvalue weighted by Gasteiger charge is 2.58. The summed E-state index contributed by atoms with van der Waals surface area (Å²) in [7, 11) is -2.35. The molecule has 0 saturated carbocycles. The summed E-state index contributed by atoms with van der Waals surface area (Å²) in [5.74, 6) is 0. The summed E-state index contributed by atoms with van der Waals surface area (Å²) < 4.78 is 0.806. The maximum Gasteiger partial charge on any atom is 0.0563 e. The first-order valence-corrected chi connectivity index (χ1v) is 15.2. The second kappa shape index (κ2) is 9.55. The molecule has 0 spiro atoms. The first kappa shape index (κ1) is 21.4. The van der Waals surface area contributed by atoms with Gasteiger partial charge in [0, 0.05) is 0 Å². The van der Waals surface area contributed by atoms with Gasteiger partial charge in [0.25, 0.3) is 0 Å². The lowest BCUT2D eigenvalue weighted by molar-refractivity contribution is 0.539. The summed E-state index contributed by atoms with van der Waals surface area (Å²) in [5.41, 5.74) is 0. The van der Waals surface area contributed by atoms with E-state index >= 15 is 0 Å². The van der Waals surface area contributed by atoms with Crippen LogP contribution in [0.3, 0.4) is 0 Å². The molecule has 0 aromatic heterocycles. The molecule has 0 saturated heterocycles. The van der Waals surface area contributed by atoms with Crippen molar-refractivity contribution in [3.05, 3.63) is 0 Å². The fourth-order valence-corrected chi connectivity index (χ4v) is 24.0. The van der Waals surface area contributed by atoms with Gasteiger partial charge in [-0.3, -0.25) is 0 Å². The Bertz CT molecular complexity index is 220. The van der Waals surface area contributed by atoms with Crippen LogP contribution in [0.5, 0.6) is 0 Å². The summed E-state index contributed by atoms with van der Waals surface area (Å²) in [6, 6.07) is 9.14. The van der Waals surface area contributed by atoms with Crippen molar-refractivity contribution in [3.63, 3.8) is 0 Å². The zero-order valence-corrected chi connectivity index (χ0v) is 18.6. The van der Waals surface area contributed by atoms with Crippen molar-refractivity contribution in [2.45, 2.75) is 122 Å². The average molecular weight is 329 g/mol. The fraction of sp³-hybridized carbons (Fsp3) is 1.00. The average Bonchev–Trinajstić information content (AvgIpc) is 2.52. The van der Waals surface area contributed by atoms with Crippen LogP contribution in [0.1, 0.15) is 81.1 Å². The predicted octanol–water partition coefficient (Wildman–Crippen LogP) is 7.88. The highest BCUT2D eigenvalue weighted by Crippen LogP contribution is 2.61. The van der Waals surface area contributed by atoms with Gasteiger partial charge in [-0.05, 0) is 4.66 Å². The van der Waals surface area contributed by atoms with Crippen LogP contribution in [-0.4, -0.2) is 16.1 Å². The van der Waals surface area contributed by atoms with Gasteiger partial charge in [0.2, 0.25) is 0 Å². The summed E-state index contributed by atoms with van der Waals surface area (Å²) in [5, 5.41) is 0. The van der Waals surface area contributed by atoms with Crippen LogP contribution in [-0.2, 0) is 0 Å². The topological polar surface area (TPSA) is 0 Å². The third-order valence-corrected chi connectivity index (χ3v) is 23.8. The minimum atomic E-state index is -1.18. The van der Waals surface area contributed by atoms with Gasteiger partial charge in [-0.2, -0.15) is 0 Å². The SMILES string of the molecule is CCCC(CCC)([Si](CC)(CC)CC)[Si](CC)(CC)CC. The zero-order chi connectivity index (χ0) is 16.6. The Hall–Kier alpha value is 0.434. The Labute approximate surface area is 138 Å². The molecule has 0 aromatic carbocycles. The van der Waals surface area contributed by atoms with E-state index in [1.165, 1.54) is 49.1 Å². The zero-order valence-electron chi connectivity index (χ0n) is 16.6. The summed E-state index contributed by atoms with van der Waals surface area (Å²) in [6.45, 7) is 20.1. The van der Waals surface area contributed by atoms with Crippen molar-refractivity contribution >= 4 is 16.1 Å². The van der Waals surface area contributed by atoms with Crippen LogP contribution in [0.4, 0.5) is 0 Å². The molecule has 0 aliphatic heterocycles. The maximum absolute atomic E-state index is 2.54. The Morgan fingerprint density at radius 2 is 0.714 bits per heavy atom. The van der Waals surface area contributed by atoms with Crippen molar-refractivity contribution in [2.24, 2.45) is 0 Å². The molecule has 0 fully saturated rings. The molecule has 0 bridgehead atoms. The van der Waals surface area contributed by atoms with E-state index in [4.69, 9.17) is 0 Å². The van der Waals surface area contributed by atoms with Crippen LogP contribution < -0.4 is 0 Å². The summed E-state index contributed by atoms with van der Waals surface area (Å²) in [6.07, 6.45) is 5.90. The lowest BCUT2D eigenvalue weighted by Gasteiger charge is -2.60. The van der Waals surface area contributed by atoms with E-state index in [-0.39, 0.29) is 0 Å². The molecule has 0 radical (unpaired) electrons. The van der Waals surface area contributed by atoms with E-state index in [9.17, 15) is 0 Å². The van der Waals surface area contributed by atoms with Crippen LogP contribution in [0.15, 0.2) is 0 Å². The standard InChI is InChI=1S/C19H44Si2/c1-9-17-19(18-10-2,20(11-3,12-4)13-5)21(14-6,15-7)16-8/h9-18H2,1-8H3. The number of hydrogen-bond donors (Lipinski definition) is 0. The molecule has 0 aliphatic carbocycles. The third kappa shape index (κ3) is 3.52. The molecule has 0 aromatic rings. The largest absolute Gasteiger partial charge is 0.0678 e. The molecule has 21 heavy (non-hydrogen) atoms. The van der Waals surface area contributed by atoms with Crippen molar-refractivity contribution in [3.8, 4) is 0 Å². The van der Waals surface area contributed by atoms with Crippen molar-refractivity contribution in [2.75, 3.05) is 0 Å². The first-order valence-electron chi connectivity index (χ1n) is 9.99. The third-order valence-electron chi connectivity index (χ3n) is 7.44. The molecule has 0 N–H and O–H groups in total. The number of rotatable bonds is 12. The molecule has 0 aliphatic rings. The van der Waals surface area contributed by atoms with Crippen molar-refractivity contribution in [1.29, 1.82) is 0 Å². The molecular weight excluding hydrogens is 284 g/mol. The molecular formula is C19H44Si2. The molecule has 2 heteroatoms. The van der Waals surface area contributed by atoms with E-state index in [0.717, 1.165) is 4.66 Å². The van der Waals surface area contributed by atoms with Crippen LogP contribution >= 0.6 is 0 Å². The van der Waals surface area contributed by atoms with Crippen LogP contribution in [0.2, 0.25) is 40.9 Å². The van der Waals surface area contributed by atoms with Crippen molar-refractivity contribution < 1.29 is 0 Å². The highest BCUT2D eigenvalue weighted by atomic mass is 28.4. The van der Waals surface area contributed by atoms with Gasteiger partial charge < -0.3 is 0 Å². The van der Waals surface area contributed by atoms with Crippen LogP contribution in [0, 0.1) is 0 Å². The second-order valence-electron chi connectivity index (χ2n) is 7.26. The van der Waals surface area contributed by atoms with Gasteiger partial charge >= 0.3 is 0 Å². The minimum absolute atomic E-state index is 0.806. The Morgan fingerprint density at radius 3 is 0.857 bits per heavy atom. The van der Waals surface area contributed by atoms with Gasteiger partial charge in [0.15, 0.2) is 0 Å². The predicted molar refractivity (Wildman–Crippen MR) is 107 cm³/mol. The van der Waals surface area contributed by atoms with Gasteiger partial charge in [-0.25, -0.2) is 0 Å². The van der Waals surface area contributed by atoms with Crippen LogP contribution in [0.25, 0.3) is 0 Å². The maximum atomic E-state index is 2.54. The minimum Gasteiger partial charge on any atom is -0.0678 e. The smallest absolute Gasteiger partial charge is 0.0563 e. The van der Waals surface area contributed by atoms with E-state index < -0.39 is 16.1 Å².